The number of aromatic nitrogens is 1. The number of fused-ring (bicyclic) bond motifs is 1. The molecule has 2 aromatic rings. The molecule has 17 heavy (non-hydrogen) atoms. The Morgan fingerprint density at radius 3 is 2.82 bits per heavy atom. The summed E-state index contributed by atoms with van der Waals surface area (Å²) in [6.07, 6.45) is 3.36. The van der Waals surface area contributed by atoms with Crippen molar-refractivity contribution in [2.24, 2.45) is 0 Å². The summed E-state index contributed by atoms with van der Waals surface area (Å²) in [5.41, 5.74) is -1.26. The lowest BCUT2D eigenvalue weighted by molar-refractivity contribution is -0.152. The van der Waals surface area contributed by atoms with E-state index < -0.39 is 11.6 Å². The molecule has 4 nitrogen and oxygen atoms in total. The van der Waals surface area contributed by atoms with Gasteiger partial charge in [-0.15, -0.1) is 0 Å². The van der Waals surface area contributed by atoms with Crippen LogP contribution in [0.5, 0.6) is 5.75 Å². The summed E-state index contributed by atoms with van der Waals surface area (Å²) in [6, 6.07) is 7.36. The van der Waals surface area contributed by atoms with Crippen molar-refractivity contribution in [3.8, 4) is 5.75 Å². The zero-order valence-electron chi connectivity index (χ0n) is 9.68. The molecule has 1 aromatic carbocycles. The number of carboxylic acids is 1. The Morgan fingerprint density at radius 1 is 1.35 bits per heavy atom. The Bertz CT molecular complexity index is 558. The van der Waals surface area contributed by atoms with Crippen molar-refractivity contribution in [2.75, 3.05) is 0 Å². The zero-order chi connectivity index (χ0) is 12.5. The first kappa shape index (κ1) is 11.4. The van der Waals surface area contributed by atoms with E-state index in [0.717, 1.165) is 10.8 Å². The molecule has 0 saturated heterocycles. The van der Waals surface area contributed by atoms with Gasteiger partial charge in [0.05, 0.1) is 0 Å². The molecule has 1 heterocycles. The van der Waals surface area contributed by atoms with Gasteiger partial charge in [-0.1, -0.05) is 12.1 Å². The van der Waals surface area contributed by atoms with Crippen molar-refractivity contribution in [3.05, 3.63) is 36.7 Å². The lowest BCUT2D eigenvalue weighted by Gasteiger charge is -2.22. The summed E-state index contributed by atoms with van der Waals surface area (Å²) >= 11 is 0. The number of hydrogen-bond donors (Lipinski definition) is 1. The lowest BCUT2D eigenvalue weighted by atomic mass is 10.1. The van der Waals surface area contributed by atoms with Gasteiger partial charge in [-0.3, -0.25) is 4.98 Å². The molecule has 0 atom stereocenters. The number of rotatable bonds is 3. The first-order chi connectivity index (χ1) is 8.00. The molecule has 0 aliphatic rings. The number of ether oxygens (including phenoxy) is 1. The maximum absolute atomic E-state index is 11.0. The Morgan fingerprint density at radius 2 is 2.12 bits per heavy atom. The van der Waals surface area contributed by atoms with E-state index in [0.29, 0.717) is 5.75 Å². The van der Waals surface area contributed by atoms with Crippen LogP contribution in [0, 0.1) is 0 Å². The minimum Gasteiger partial charge on any atom is -0.478 e. The standard InChI is InChI=1S/C13H13NO3/c1-13(2,12(15)16)17-11-5-3-4-9-6-7-14-8-10(9)11/h3-8H,1-2H3,(H,15,16). The third-order valence-corrected chi connectivity index (χ3v) is 2.52. The monoisotopic (exact) mass is 231 g/mol. The second-order valence-corrected chi connectivity index (χ2v) is 4.27. The van der Waals surface area contributed by atoms with Gasteiger partial charge >= 0.3 is 5.97 Å². The maximum Gasteiger partial charge on any atom is 0.347 e. The van der Waals surface area contributed by atoms with Crippen molar-refractivity contribution < 1.29 is 14.6 Å². The van der Waals surface area contributed by atoms with Gasteiger partial charge < -0.3 is 9.84 Å². The molecule has 0 radical (unpaired) electrons. The van der Waals surface area contributed by atoms with Crippen LogP contribution < -0.4 is 4.74 Å². The summed E-state index contributed by atoms with van der Waals surface area (Å²) in [4.78, 5) is 15.0. The second kappa shape index (κ2) is 4.05. The van der Waals surface area contributed by atoms with E-state index in [1.54, 1.807) is 18.5 Å². The SMILES string of the molecule is CC(C)(Oc1cccc2ccncc12)C(=O)O. The van der Waals surface area contributed by atoms with Gasteiger partial charge in [0.25, 0.3) is 0 Å². The molecule has 0 amide bonds. The van der Waals surface area contributed by atoms with Crippen LogP contribution in [0.4, 0.5) is 0 Å². The third kappa shape index (κ3) is 2.20. The smallest absolute Gasteiger partial charge is 0.347 e. The van der Waals surface area contributed by atoms with Crippen LogP contribution in [0.3, 0.4) is 0 Å². The molecule has 0 bridgehead atoms. The summed E-state index contributed by atoms with van der Waals surface area (Å²) < 4.78 is 5.54. The van der Waals surface area contributed by atoms with Crippen LogP contribution in [0.1, 0.15) is 13.8 Å². The number of carbonyl (C=O) groups is 1. The van der Waals surface area contributed by atoms with Gasteiger partial charge in [0, 0.05) is 17.8 Å². The molecular formula is C13H13NO3. The van der Waals surface area contributed by atoms with Crippen molar-refractivity contribution >= 4 is 16.7 Å². The average Bonchev–Trinajstić information content (AvgIpc) is 2.29. The van der Waals surface area contributed by atoms with Crippen molar-refractivity contribution in [1.82, 2.24) is 4.98 Å². The highest BCUT2D eigenvalue weighted by atomic mass is 16.5. The molecule has 2 rings (SSSR count). The van der Waals surface area contributed by atoms with E-state index in [9.17, 15) is 4.79 Å². The van der Waals surface area contributed by atoms with Gasteiger partial charge in [-0.2, -0.15) is 0 Å². The average molecular weight is 231 g/mol. The Labute approximate surface area is 98.9 Å². The fourth-order valence-corrected chi connectivity index (χ4v) is 1.49. The molecule has 1 aromatic heterocycles. The highest BCUT2D eigenvalue weighted by molar-refractivity contribution is 5.88. The summed E-state index contributed by atoms with van der Waals surface area (Å²) in [6.45, 7) is 3.04. The highest BCUT2D eigenvalue weighted by Crippen LogP contribution is 2.27. The van der Waals surface area contributed by atoms with Gasteiger partial charge in [0.15, 0.2) is 5.60 Å². The van der Waals surface area contributed by atoms with Crippen molar-refractivity contribution in [3.63, 3.8) is 0 Å². The highest BCUT2D eigenvalue weighted by Gasteiger charge is 2.29. The zero-order valence-corrected chi connectivity index (χ0v) is 9.68. The molecule has 1 N–H and O–H groups in total. The molecular weight excluding hydrogens is 218 g/mol. The van der Waals surface area contributed by atoms with Crippen LogP contribution in [0.25, 0.3) is 10.8 Å². The van der Waals surface area contributed by atoms with E-state index in [2.05, 4.69) is 4.98 Å². The van der Waals surface area contributed by atoms with Gasteiger partial charge in [-0.25, -0.2) is 4.79 Å². The number of nitrogens with zero attached hydrogens (tertiary/aromatic N) is 1. The summed E-state index contributed by atoms with van der Waals surface area (Å²) in [5.74, 6) is -0.471. The Kier molecular flexibility index (Phi) is 2.71. The van der Waals surface area contributed by atoms with Gasteiger partial charge in [0.2, 0.25) is 0 Å². The third-order valence-electron chi connectivity index (χ3n) is 2.52. The van der Waals surface area contributed by atoms with Crippen LogP contribution in [-0.2, 0) is 4.79 Å². The second-order valence-electron chi connectivity index (χ2n) is 4.27. The summed E-state index contributed by atoms with van der Waals surface area (Å²) in [7, 11) is 0. The summed E-state index contributed by atoms with van der Waals surface area (Å²) in [5, 5.41) is 10.8. The van der Waals surface area contributed by atoms with Crippen LogP contribution >= 0.6 is 0 Å². The van der Waals surface area contributed by atoms with E-state index in [4.69, 9.17) is 9.84 Å². The molecule has 0 spiro atoms. The largest absolute Gasteiger partial charge is 0.478 e. The predicted octanol–water partition coefficient (Wildman–Crippen LogP) is 2.48. The number of aliphatic carboxylic acids is 1. The first-order valence-corrected chi connectivity index (χ1v) is 5.26. The first-order valence-electron chi connectivity index (χ1n) is 5.26. The number of benzene rings is 1. The minimum atomic E-state index is -1.26. The van der Waals surface area contributed by atoms with Gasteiger partial charge in [-0.05, 0) is 31.4 Å². The van der Waals surface area contributed by atoms with E-state index in [-0.39, 0.29) is 0 Å². The quantitative estimate of drug-likeness (QED) is 0.881. The number of pyridine rings is 1. The topological polar surface area (TPSA) is 59.4 Å². The van der Waals surface area contributed by atoms with E-state index >= 15 is 0 Å². The van der Waals surface area contributed by atoms with E-state index in [1.165, 1.54) is 13.8 Å². The molecule has 0 fully saturated rings. The van der Waals surface area contributed by atoms with Crippen molar-refractivity contribution in [2.45, 2.75) is 19.4 Å². The van der Waals surface area contributed by atoms with Crippen LogP contribution in [0.15, 0.2) is 36.7 Å². The maximum atomic E-state index is 11.0. The molecule has 88 valence electrons. The lowest BCUT2D eigenvalue weighted by Crippen LogP contribution is -2.37. The van der Waals surface area contributed by atoms with Crippen LogP contribution in [-0.4, -0.2) is 21.7 Å². The molecule has 0 aliphatic heterocycles. The Hall–Kier alpha value is -2.10. The molecule has 0 unspecified atom stereocenters. The van der Waals surface area contributed by atoms with Gasteiger partial charge in [0.1, 0.15) is 5.75 Å². The number of hydrogen-bond acceptors (Lipinski definition) is 3. The molecule has 0 aliphatic carbocycles. The fraction of sp³-hybridized carbons (Fsp3) is 0.231. The van der Waals surface area contributed by atoms with Crippen molar-refractivity contribution in [1.29, 1.82) is 0 Å². The molecule has 0 saturated carbocycles. The predicted molar refractivity (Wildman–Crippen MR) is 64.1 cm³/mol. The molecule has 4 heteroatoms. The van der Waals surface area contributed by atoms with Crippen LogP contribution in [0.2, 0.25) is 0 Å². The fourth-order valence-electron chi connectivity index (χ4n) is 1.49. The minimum absolute atomic E-state index is 0.531. The Balaban J connectivity index is 2.46. The number of carboxylic acid groups (broad SMARTS) is 1. The van der Waals surface area contributed by atoms with E-state index in [1.807, 2.05) is 18.2 Å². The normalized spacial score (nSPS) is 11.4.